The Balaban J connectivity index is 1.74. The summed E-state index contributed by atoms with van der Waals surface area (Å²) in [5.41, 5.74) is 0. The first-order chi connectivity index (χ1) is 19.9. The fourth-order valence-corrected chi connectivity index (χ4v) is 7.15. The molecule has 1 amide bonds. The third kappa shape index (κ3) is 6.89. The molecule has 0 aliphatic rings. The Labute approximate surface area is 247 Å². The number of unbranched alkanes of at least 4 members (excludes halogenated alkanes) is 2. The fourth-order valence-electron chi connectivity index (χ4n) is 4.94. The highest BCUT2D eigenvalue weighted by Gasteiger charge is 2.28. The van der Waals surface area contributed by atoms with Gasteiger partial charge >= 0.3 is 0 Å². The van der Waals surface area contributed by atoms with Crippen LogP contribution in [0.15, 0.2) is 51.1 Å². The molecule has 4 N–H and O–H groups in total. The van der Waals surface area contributed by atoms with Gasteiger partial charge in [0.1, 0.15) is 26.2 Å². The zero-order valence-electron chi connectivity index (χ0n) is 23.0. The number of hydrogen-bond acceptors (Lipinski definition) is 9. The van der Waals surface area contributed by atoms with Gasteiger partial charge in [0.25, 0.3) is 36.3 Å². The molecule has 0 saturated heterocycles. The van der Waals surface area contributed by atoms with Crippen LogP contribution in [0.2, 0.25) is 0 Å². The number of carbonyl (C=O) groups excluding carboxylic acids is 2. The van der Waals surface area contributed by atoms with E-state index < -0.39 is 57.6 Å². The Kier molecular flexibility index (Phi) is 9.02. The highest BCUT2D eigenvalue weighted by molar-refractivity contribution is 7.87. The molecule has 0 atom stereocenters. The number of rotatable bonds is 13. The molecule has 4 rings (SSSR count). The van der Waals surface area contributed by atoms with E-state index in [1.165, 1.54) is 18.2 Å². The van der Waals surface area contributed by atoms with Crippen LogP contribution in [0.3, 0.4) is 0 Å². The van der Waals surface area contributed by atoms with Gasteiger partial charge in [0.05, 0.1) is 0 Å². The molecule has 0 saturated carbocycles. The van der Waals surface area contributed by atoms with E-state index in [4.69, 9.17) is 4.74 Å². The maximum atomic E-state index is 12.5. The van der Waals surface area contributed by atoms with E-state index in [1.54, 1.807) is 0 Å². The molecular formula is C27H29NO12S3. The monoisotopic (exact) mass is 655 g/mol. The van der Waals surface area contributed by atoms with E-state index in [1.807, 2.05) is 13.8 Å². The fraction of sp³-hybridized carbons (Fsp3) is 0.333. The van der Waals surface area contributed by atoms with Crippen LogP contribution in [0.5, 0.6) is 5.75 Å². The SMILES string of the molecule is CC(C)C(=O)CCCCCNC(=O)COc1cc(S(=O)(=O)O)c2ccc3c(S(=O)(=O)O)cc(S(=O)(=O)O)c4ccc1c2c43. The van der Waals surface area contributed by atoms with Gasteiger partial charge < -0.3 is 10.1 Å². The third-order valence-corrected chi connectivity index (χ3v) is 9.69. The Morgan fingerprint density at radius 1 is 0.721 bits per heavy atom. The summed E-state index contributed by atoms with van der Waals surface area (Å²) >= 11 is 0. The molecule has 0 aliphatic heterocycles. The van der Waals surface area contributed by atoms with Crippen LogP contribution in [0, 0.1) is 5.92 Å². The summed E-state index contributed by atoms with van der Waals surface area (Å²) in [5, 5.41) is 2.01. The average Bonchev–Trinajstić information content (AvgIpc) is 2.90. The lowest BCUT2D eigenvalue weighted by molar-refractivity contribution is -0.123. The van der Waals surface area contributed by atoms with Crippen molar-refractivity contribution in [3.63, 3.8) is 0 Å². The summed E-state index contributed by atoms with van der Waals surface area (Å²) in [5.74, 6) is -0.631. The Morgan fingerprint density at radius 3 is 1.67 bits per heavy atom. The first kappa shape index (κ1) is 32.5. The number of hydrogen-bond donors (Lipinski definition) is 4. The first-order valence-corrected chi connectivity index (χ1v) is 17.4. The molecule has 0 bridgehead atoms. The molecule has 0 spiro atoms. The first-order valence-electron chi connectivity index (χ1n) is 13.0. The van der Waals surface area contributed by atoms with Gasteiger partial charge in [-0.3, -0.25) is 23.2 Å². The molecule has 13 nitrogen and oxygen atoms in total. The second kappa shape index (κ2) is 11.9. The van der Waals surface area contributed by atoms with E-state index in [2.05, 4.69) is 5.32 Å². The lowest BCUT2D eigenvalue weighted by atomic mass is 9.93. The number of carbonyl (C=O) groups is 2. The second-order valence-corrected chi connectivity index (χ2v) is 14.5. The van der Waals surface area contributed by atoms with Crippen molar-refractivity contribution in [2.45, 2.75) is 54.2 Å². The van der Waals surface area contributed by atoms with E-state index in [9.17, 15) is 48.5 Å². The molecule has 4 aromatic rings. The summed E-state index contributed by atoms with van der Waals surface area (Å²) in [6.45, 7) is 3.38. The van der Waals surface area contributed by atoms with Gasteiger partial charge in [-0.2, -0.15) is 25.3 Å². The normalized spacial score (nSPS) is 12.9. The lowest BCUT2D eigenvalue weighted by Gasteiger charge is -2.19. The number of amides is 1. The van der Waals surface area contributed by atoms with Crippen molar-refractivity contribution < 1.29 is 53.2 Å². The van der Waals surface area contributed by atoms with Crippen molar-refractivity contribution in [2.24, 2.45) is 5.92 Å². The van der Waals surface area contributed by atoms with Gasteiger partial charge in [-0.15, -0.1) is 0 Å². The number of Topliss-reactive ketones (excluding diaryl/α,β-unsaturated/α-hetero) is 1. The largest absolute Gasteiger partial charge is 0.483 e. The molecule has 43 heavy (non-hydrogen) atoms. The van der Waals surface area contributed by atoms with Crippen LogP contribution in [0.25, 0.3) is 32.3 Å². The van der Waals surface area contributed by atoms with Crippen LogP contribution in [-0.2, 0) is 39.9 Å². The minimum absolute atomic E-state index is 0.0347. The van der Waals surface area contributed by atoms with Crippen LogP contribution < -0.4 is 10.1 Å². The van der Waals surface area contributed by atoms with Crippen molar-refractivity contribution >= 4 is 74.4 Å². The van der Waals surface area contributed by atoms with Crippen molar-refractivity contribution in [3.8, 4) is 5.75 Å². The molecule has 0 aromatic heterocycles. The molecule has 0 aliphatic carbocycles. The molecule has 0 unspecified atom stereocenters. The molecule has 0 heterocycles. The van der Waals surface area contributed by atoms with Gasteiger partial charge in [0.15, 0.2) is 6.61 Å². The van der Waals surface area contributed by atoms with Crippen molar-refractivity contribution in [1.82, 2.24) is 5.32 Å². The lowest BCUT2D eigenvalue weighted by Crippen LogP contribution is -2.29. The average molecular weight is 656 g/mol. The summed E-state index contributed by atoms with van der Waals surface area (Å²) in [4.78, 5) is 21.8. The third-order valence-electron chi connectivity index (χ3n) is 7.01. The van der Waals surface area contributed by atoms with Crippen molar-refractivity contribution in [1.29, 1.82) is 0 Å². The van der Waals surface area contributed by atoms with E-state index >= 15 is 0 Å². The van der Waals surface area contributed by atoms with Gasteiger partial charge in [-0.25, -0.2) is 0 Å². The number of ether oxygens (including phenoxy) is 1. The molecule has 0 fully saturated rings. The maximum Gasteiger partial charge on any atom is 0.295 e. The topological polar surface area (TPSA) is 219 Å². The smallest absolute Gasteiger partial charge is 0.295 e. The van der Waals surface area contributed by atoms with E-state index in [0.29, 0.717) is 38.3 Å². The predicted molar refractivity (Wildman–Crippen MR) is 156 cm³/mol. The van der Waals surface area contributed by atoms with Gasteiger partial charge in [-0.05, 0) is 25.0 Å². The minimum Gasteiger partial charge on any atom is -0.483 e. The molecule has 232 valence electrons. The summed E-state index contributed by atoms with van der Waals surface area (Å²) in [6, 6.07) is 6.41. The van der Waals surface area contributed by atoms with Crippen LogP contribution in [0.4, 0.5) is 0 Å². The van der Waals surface area contributed by atoms with Gasteiger partial charge in [-0.1, -0.05) is 38.5 Å². The summed E-state index contributed by atoms with van der Waals surface area (Å²) < 4.78 is 109. The van der Waals surface area contributed by atoms with E-state index in [0.717, 1.165) is 12.1 Å². The van der Waals surface area contributed by atoms with Crippen LogP contribution in [-0.4, -0.2) is 63.8 Å². The number of ketones is 1. The molecule has 16 heteroatoms. The summed E-state index contributed by atoms with van der Waals surface area (Å²) in [6.07, 6.45) is 2.46. The highest BCUT2D eigenvalue weighted by Crippen LogP contribution is 2.45. The molecular weight excluding hydrogens is 626 g/mol. The zero-order chi connectivity index (χ0) is 31.9. The quantitative estimate of drug-likeness (QED) is 0.0922. The Bertz CT molecular complexity index is 2020. The van der Waals surface area contributed by atoms with Crippen LogP contribution in [0.1, 0.15) is 39.5 Å². The summed E-state index contributed by atoms with van der Waals surface area (Å²) in [7, 11) is -15.0. The van der Waals surface area contributed by atoms with Gasteiger partial charge in [0.2, 0.25) is 0 Å². The van der Waals surface area contributed by atoms with Gasteiger partial charge in [0, 0.05) is 57.3 Å². The van der Waals surface area contributed by atoms with Crippen LogP contribution >= 0.6 is 0 Å². The molecule has 4 aromatic carbocycles. The molecule has 0 radical (unpaired) electrons. The Morgan fingerprint density at radius 2 is 1.19 bits per heavy atom. The van der Waals surface area contributed by atoms with Crippen molar-refractivity contribution in [3.05, 3.63) is 36.4 Å². The second-order valence-electron chi connectivity index (χ2n) is 10.3. The van der Waals surface area contributed by atoms with E-state index in [-0.39, 0.29) is 49.8 Å². The number of nitrogens with one attached hydrogen (secondary N) is 1. The predicted octanol–water partition coefficient (Wildman–Crippen LogP) is 3.60. The Hall–Kier alpha value is -3.41. The zero-order valence-corrected chi connectivity index (χ0v) is 25.5. The number of benzene rings is 4. The maximum absolute atomic E-state index is 12.5. The standard InChI is InChI=1S/C27H29NO12S3/c1-15(2)20(29)6-4-3-5-11-28-25(30)14-40-21-12-22(41(31,32)33)17-9-10-19-24(43(37,38)39)13-23(42(34,35)36)18-8-7-16(21)26(17)27(18)19/h7-10,12-13,15H,3-6,11,14H2,1-2H3,(H,28,30)(H,31,32,33)(H,34,35,36)(H,37,38,39). The van der Waals surface area contributed by atoms with Crippen molar-refractivity contribution in [2.75, 3.05) is 13.2 Å². The highest BCUT2D eigenvalue weighted by atomic mass is 32.2. The minimum atomic E-state index is -5.05.